The second kappa shape index (κ2) is 11.4. The van der Waals surface area contributed by atoms with E-state index in [0.29, 0.717) is 0 Å². The Hall–Kier alpha value is -2.94. The highest BCUT2D eigenvalue weighted by Crippen LogP contribution is 2.28. The molecule has 1 amide bonds. The van der Waals surface area contributed by atoms with Crippen molar-refractivity contribution in [2.45, 2.75) is 53.6 Å². The number of amides is 1. The summed E-state index contributed by atoms with van der Waals surface area (Å²) < 4.78 is 61.2. The number of rotatable bonds is 9. The summed E-state index contributed by atoms with van der Waals surface area (Å²) in [5.74, 6) is -1.23. The second-order valence-electron chi connectivity index (χ2n) is 8.88. The summed E-state index contributed by atoms with van der Waals surface area (Å²) >= 11 is 2.01. The lowest BCUT2D eigenvalue weighted by Gasteiger charge is -2.38. The number of ether oxygens (including phenoxy) is 1. The molecule has 0 saturated carbocycles. The van der Waals surface area contributed by atoms with Gasteiger partial charge in [-0.15, -0.1) is 22.7 Å². The number of anilines is 2. The van der Waals surface area contributed by atoms with E-state index in [1.165, 1.54) is 30.3 Å². The Labute approximate surface area is 229 Å². The molecule has 10 nitrogen and oxygen atoms in total. The van der Waals surface area contributed by atoms with Gasteiger partial charge in [0.15, 0.2) is 6.61 Å². The van der Waals surface area contributed by atoms with Gasteiger partial charge in [0.05, 0.1) is 16.9 Å². The van der Waals surface area contributed by atoms with Crippen molar-refractivity contribution in [3.8, 4) is 0 Å². The third-order valence-corrected chi connectivity index (χ3v) is 11.6. The Bertz CT molecular complexity index is 1410. The Kier molecular flexibility index (Phi) is 8.45. The molecule has 3 heterocycles. The Balaban J connectivity index is 1.59. The third-order valence-electron chi connectivity index (χ3n) is 6.00. The first-order valence-corrected chi connectivity index (χ1v) is 16.4. The first-order valence-electron chi connectivity index (χ1n) is 11.7. The normalized spacial score (nSPS) is 18.1. The molecule has 14 heteroatoms. The van der Waals surface area contributed by atoms with Crippen molar-refractivity contribution < 1.29 is 31.2 Å². The highest BCUT2D eigenvalue weighted by atomic mass is 32.3. The molecule has 0 unspecified atom stereocenters. The predicted octanol–water partition coefficient (Wildman–Crippen LogP) is 4.36. The van der Waals surface area contributed by atoms with Crippen LogP contribution >= 0.6 is 22.7 Å². The van der Waals surface area contributed by atoms with Crippen LogP contribution in [0.25, 0.3) is 0 Å². The fourth-order valence-corrected chi connectivity index (χ4v) is 8.37. The van der Waals surface area contributed by atoms with Gasteiger partial charge in [0, 0.05) is 12.1 Å². The molecule has 2 atom stereocenters. The van der Waals surface area contributed by atoms with E-state index in [-0.39, 0.29) is 43.3 Å². The maximum Gasteiger partial charge on any atom is 0.338 e. The molecule has 1 aliphatic heterocycles. The predicted molar refractivity (Wildman–Crippen MR) is 147 cm³/mol. The number of carbonyl (C=O) groups is 2. The average Bonchev–Trinajstić information content (AvgIpc) is 3.57. The molecule has 38 heavy (non-hydrogen) atoms. The number of likely N-dealkylation sites (tertiary alicyclic amines) is 1. The van der Waals surface area contributed by atoms with Crippen LogP contribution in [0, 0.1) is 0 Å². The van der Waals surface area contributed by atoms with E-state index in [4.69, 9.17) is 4.74 Å². The lowest BCUT2D eigenvalue weighted by atomic mass is 9.97. The summed E-state index contributed by atoms with van der Waals surface area (Å²) in [5.41, 5.74) is -0.240. The quantitative estimate of drug-likeness (QED) is 0.350. The van der Waals surface area contributed by atoms with Gasteiger partial charge in [-0.1, -0.05) is 12.1 Å². The maximum absolute atomic E-state index is 12.9. The number of esters is 1. The van der Waals surface area contributed by atoms with Gasteiger partial charge in [0.1, 0.15) is 8.42 Å². The molecule has 1 aliphatic rings. The molecule has 2 aromatic heterocycles. The van der Waals surface area contributed by atoms with Crippen molar-refractivity contribution in [2.75, 3.05) is 16.1 Å². The SMILES string of the molecule is C[C@@H]1CCC[C@H](C)N1C(=O)COC(=O)c1cc(NS(=O)(=O)c2cccs2)cc(NS(=O)(=O)c2cccs2)c1. The number of sulfonamides is 2. The minimum absolute atomic E-state index is 0.0261. The highest BCUT2D eigenvalue weighted by Gasteiger charge is 2.29. The van der Waals surface area contributed by atoms with E-state index in [9.17, 15) is 26.4 Å². The fourth-order valence-electron chi connectivity index (χ4n) is 4.31. The maximum atomic E-state index is 12.9. The van der Waals surface area contributed by atoms with Gasteiger partial charge in [0.25, 0.3) is 26.0 Å². The molecular weight excluding hydrogens is 571 g/mol. The lowest BCUT2D eigenvalue weighted by Crippen LogP contribution is -2.49. The number of piperidine rings is 1. The van der Waals surface area contributed by atoms with Crippen LogP contribution in [-0.4, -0.2) is 52.3 Å². The monoisotopic (exact) mass is 597 g/mol. The number of carbonyl (C=O) groups excluding carboxylic acids is 2. The van der Waals surface area contributed by atoms with Crippen molar-refractivity contribution in [1.82, 2.24) is 4.90 Å². The van der Waals surface area contributed by atoms with E-state index in [0.717, 1.165) is 41.9 Å². The van der Waals surface area contributed by atoms with Crippen molar-refractivity contribution in [3.63, 3.8) is 0 Å². The molecule has 4 rings (SSSR count). The van der Waals surface area contributed by atoms with E-state index in [1.54, 1.807) is 27.8 Å². The third kappa shape index (κ3) is 6.54. The molecule has 1 aromatic carbocycles. The summed E-state index contributed by atoms with van der Waals surface area (Å²) in [7, 11) is -7.98. The Morgan fingerprint density at radius 1 is 0.895 bits per heavy atom. The van der Waals surface area contributed by atoms with Gasteiger partial charge < -0.3 is 9.64 Å². The molecule has 0 radical (unpaired) electrons. The van der Waals surface area contributed by atoms with E-state index < -0.39 is 32.6 Å². The Morgan fingerprint density at radius 2 is 1.39 bits per heavy atom. The summed E-state index contributed by atoms with van der Waals surface area (Å²) in [6.45, 7) is 3.41. The molecule has 0 aliphatic carbocycles. The minimum atomic E-state index is -3.99. The van der Waals surface area contributed by atoms with E-state index in [1.807, 2.05) is 13.8 Å². The molecule has 2 N–H and O–H groups in total. The van der Waals surface area contributed by atoms with Gasteiger partial charge in [0.2, 0.25) is 0 Å². The summed E-state index contributed by atoms with van der Waals surface area (Å²) in [6.07, 6.45) is 2.75. The Morgan fingerprint density at radius 3 is 1.84 bits per heavy atom. The molecular formula is C24H27N3O7S4. The van der Waals surface area contributed by atoms with Gasteiger partial charge in [-0.25, -0.2) is 21.6 Å². The van der Waals surface area contributed by atoms with Crippen molar-refractivity contribution in [3.05, 3.63) is 58.8 Å². The lowest BCUT2D eigenvalue weighted by molar-refractivity contribution is -0.140. The van der Waals surface area contributed by atoms with Crippen LogP contribution < -0.4 is 9.44 Å². The standard InChI is InChI=1S/C24H27N3O7S4/c1-16-6-3-7-17(2)27(16)21(28)15-34-24(29)18-12-19(25-37(30,31)22-8-4-10-35-22)14-20(13-18)26-38(32,33)23-9-5-11-36-23/h4-5,8-14,16-17,25-26H,3,6-7,15H2,1-2H3/t16-,17+. The zero-order valence-electron chi connectivity index (χ0n) is 20.6. The van der Waals surface area contributed by atoms with Crippen molar-refractivity contribution in [1.29, 1.82) is 0 Å². The highest BCUT2D eigenvalue weighted by molar-refractivity contribution is 7.95. The van der Waals surface area contributed by atoms with Crippen LogP contribution in [0.2, 0.25) is 0 Å². The van der Waals surface area contributed by atoms with Crippen molar-refractivity contribution >= 4 is 66.0 Å². The van der Waals surface area contributed by atoms with Gasteiger partial charge in [-0.2, -0.15) is 0 Å². The zero-order chi connectivity index (χ0) is 27.5. The minimum Gasteiger partial charge on any atom is -0.452 e. The number of thiophene rings is 2. The average molecular weight is 598 g/mol. The number of hydrogen-bond acceptors (Lipinski definition) is 9. The van der Waals surface area contributed by atoms with Crippen LogP contribution in [-0.2, 0) is 29.6 Å². The fraction of sp³-hybridized carbons (Fsp3) is 0.333. The van der Waals surface area contributed by atoms with Crippen LogP contribution in [0.1, 0.15) is 43.5 Å². The van der Waals surface area contributed by atoms with Crippen LogP contribution in [0.5, 0.6) is 0 Å². The smallest absolute Gasteiger partial charge is 0.338 e. The number of nitrogens with zero attached hydrogens (tertiary/aromatic N) is 1. The van der Waals surface area contributed by atoms with Gasteiger partial charge >= 0.3 is 5.97 Å². The van der Waals surface area contributed by atoms with E-state index in [2.05, 4.69) is 9.44 Å². The summed E-state index contributed by atoms with van der Waals surface area (Å²) in [4.78, 5) is 27.5. The molecule has 0 spiro atoms. The van der Waals surface area contributed by atoms with Gasteiger partial charge in [-0.05, 0) is 74.2 Å². The molecule has 3 aromatic rings. The number of hydrogen-bond donors (Lipinski definition) is 2. The van der Waals surface area contributed by atoms with E-state index >= 15 is 0 Å². The second-order valence-corrected chi connectivity index (χ2v) is 14.6. The van der Waals surface area contributed by atoms with Crippen LogP contribution in [0.3, 0.4) is 0 Å². The summed E-state index contributed by atoms with van der Waals surface area (Å²) in [6, 6.07) is 9.76. The molecule has 1 fully saturated rings. The van der Waals surface area contributed by atoms with Gasteiger partial charge in [-0.3, -0.25) is 14.2 Å². The first kappa shape index (κ1) is 28.1. The molecule has 0 bridgehead atoms. The first-order chi connectivity index (χ1) is 18.0. The van der Waals surface area contributed by atoms with Crippen LogP contribution in [0.4, 0.5) is 11.4 Å². The van der Waals surface area contributed by atoms with Crippen LogP contribution in [0.15, 0.2) is 61.6 Å². The number of nitrogens with one attached hydrogen (secondary N) is 2. The molecule has 204 valence electrons. The zero-order valence-corrected chi connectivity index (χ0v) is 23.9. The topological polar surface area (TPSA) is 139 Å². The molecule has 1 saturated heterocycles. The number of benzene rings is 1. The summed E-state index contributed by atoms with van der Waals surface area (Å²) in [5, 5.41) is 3.20. The van der Waals surface area contributed by atoms with Crippen molar-refractivity contribution in [2.24, 2.45) is 0 Å². The largest absolute Gasteiger partial charge is 0.452 e.